The second-order valence-corrected chi connectivity index (χ2v) is 5.09. The van der Waals surface area contributed by atoms with E-state index in [2.05, 4.69) is 58.3 Å². The zero-order valence-electron chi connectivity index (χ0n) is 11.7. The molecule has 0 amide bonds. The quantitative estimate of drug-likeness (QED) is 0.691. The normalized spacial score (nSPS) is 12.7. The Morgan fingerprint density at radius 1 is 1.00 bits per heavy atom. The number of rotatable bonds is 5. The van der Waals surface area contributed by atoms with E-state index in [9.17, 15) is 0 Å². The van der Waals surface area contributed by atoms with Crippen LogP contribution in [0, 0.1) is 0 Å². The highest BCUT2D eigenvalue weighted by Crippen LogP contribution is 2.26. The van der Waals surface area contributed by atoms with Gasteiger partial charge in [-0.25, -0.2) is 4.68 Å². The molecule has 1 aromatic heterocycles. The third-order valence-corrected chi connectivity index (χ3v) is 3.69. The number of hydrogen-bond acceptors (Lipinski definition) is 2. The summed E-state index contributed by atoms with van der Waals surface area (Å²) in [4.78, 5) is 0. The molecule has 20 heavy (non-hydrogen) atoms. The molecule has 0 fully saturated rings. The SMILES string of the molecule is CCCCC(c1ccccc1)n1nnc2ccccc21. The van der Waals surface area contributed by atoms with Crippen molar-refractivity contribution in [2.45, 2.75) is 32.2 Å². The van der Waals surface area contributed by atoms with Crippen molar-refractivity contribution in [3.63, 3.8) is 0 Å². The summed E-state index contributed by atoms with van der Waals surface area (Å²) < 4.78 is 2.07. The Morgan fingerprint density at radius 2 is 1.75 bits per heavy atom. The summed E-state index contributed by atoms with van der Waals surface area (Å²) >= 11 is 0. The lowest BCUT2D eigenvalue weighted by molar-refractivity contribution is 0.472. The van der Waals surface area contributed by atoms with Crippen LogP contribution in [0.3, 0.4) is 0 Å². The smallest absolute Gasteiger partial charge is 0.113 e. The van der Waals surface area contributed by atoms with Crippen molar-refractivity contribution in [3.8, 4) is 0 Å². The molecule has 0 spiro atoms. The van der Waals surface area contributed by atoms with E-state index in [0.29, 0.717) is 0 Å². The van der Waals surface area contributed by atoms with E-state index in [0.717, 1.165) is 17.5 Å². The summed E-state index contributed by atoms with van der Waals surface area (Å²) in [6.07, 6.45) is 3.47. The Hall–Kier alpha value is -2.16. The van der Waals surface area contributed by atoms with Crippen LogP contribution in [-0.2, 0) is 0 Å². The first-order valence-corrected chi connectivity index (χ1v) is 7.25. The minimum absolute atomic E-state index is 0.267. The van der Waals surface area contributed by atoms with Crippen LogP contribution in [0.2, 0.25) is 0 Å². The van der Waals surface area contributed by atoms with Gasteiger partial charge in [-0.15, -0.1) is 5.10 Å². The Bertz CT molecular complexity index is 673. The lowest BCUT2D eigenvalue weighted by Crippen LogP contribution is -2.12. The van der Waals surface area contributed by atoms with Gasteiger partial charge in [0.15, 0.2) is 0 Å². The molecule has 0 N–H and O–H groups in total. The van der Waals surface area contributed by atoms with Crippen LogP contribution < -0.4 is 0 Å². The molecule has 0 aliphatic carbocycles. The van der Waals surface area contributed by atoms with Gasteiger partial charge in [0.1, 0.15) is 5.52 Å². The summed E-state index contributed by atoms with van der Waals surface area (Å²) in [5, 5.41) is 8.68. The molecule has 0 bridgehead atoms. The summed E-state index contributed by atoms with van der Waals surface area (Å²) in [7, 11) is 0. The Morgan fingerprint density at radius 3 is 2.55 bits per heavy atom. The molecule has 0 saturated heterocycles. The van der Waals surface area contributed by atoms with Crippen LogP contribution in [0.25, 0.3) is 11.0 Å². The molecule has 1 unspecified atom stereocenters. The van der Waals surface area contributed by atoms with Gasteiger partial charge in [-0.05, 0) is 24.1 Å². The predicted molar refractivity (Wildman–Crippen MR) is 81.6 cm³/mol. The van der Waals surface area contributed by atoms with Crippen LogP contribution in [0.4, 0.5) is 0 Å². The first-order chi connectivity index (χ1) is 9.90. The molecule has 0 saturated carbocycles. The van der Waals surface area contributed by atoms with Gasteiger partial charge in [0.25, 0.3) is 0 Å². The number of hydrogen-bond donors (Lipinski definition) is 0. The van der Waals surface area contributed by atoms with Crippen molar-refractivity contribution >= 4 is 11.0 Å². The maximum absolute atomic E-state index is 4.39. The minimum Gasteiger partial charge on any atom is -0.237 e. The van der Waals surface area contributed by atoms with Crippen LogP contribution in [-0.4, -0.2) is 15.0 Å². The van der Waals surface area contributed by atoms with Gasteiger partial charge < -0.3 is 0 Å². The summed E-state index contributed by atoms with van der Waals surface area (Å²) in [6.45, 7) is 2.22. The molecular weight excluding hydrogens is 246 g/mol. The van der Waals surface area contributed by atoms with E-state index in [1.54, 1.807) is 0 Å². The maximum atomic E-state index is 4.39. The number of benzene rings is 2. The van der Waals surface area contributed by atoms with Crippen molar-refractivity contribution in [3.05, 3.63) is 60.2 Å². The van der Waals surface area contributed by atoms with Crippen molar-refractivity contribution in [1.82, 2.24) is 15.0 Å². The Balaban J connectivity index is 2.05. The van der Waals surface area contributed by atoms with E-state index in [1.165, 1.54) is 18.4 Å². The summed E-state index contributed by atoms with van der Waals surface area (Å²) in [5.74, 6) is 0. The third kappa shape index (κ3) is 2.44. The van der Waals surface area contributed by atoms with Crippen LogP contribution in [0.5, 0.6) is 0 Å². The molecule has 0 aliphatic heterocycles. The molecule has 3 rings (SSSR count). The van der Waals surface area contributed by atoms with E-state index in [-0.39, 0.29) is 6.04 Å². The fourth-order valence-electron chi connectivity index (χ4n) is 2.62. The highest BCUT2D eigenvalue weighted by molar-refractivity contribution is 5.74. The van der Waals surface area contributed by atoms with Gasteiger partial charge in [-0.2, -0.15) is 0 Å². The van der Waals surface area contributed by atoms with E-state index >= 15 is 0 Å². The topological polar surface area (TPSA) is 30.7 Å². The molecule has 3 heteroatoms. The van der Waals surface area contributed by atoms with E-state index < -0.39 is 0 Å². The highest BCUT2D eigenvalue weighted by Gasteiger charge is 2.16. The number of para-hydroxylation sites is 1. The lowest BCUT2D eigenvalue weighted by atomic mass is 10.0. The molecule has 3 aromatic rings. The molecule has 0 radical (unpaired) electrons. The monoisotopic (exact) mass is 265 g/mol. The fourth-order valence-corrected chi connectivity index (χ4v) is 2.62. The van der Waals surface area contributed by atoms with E-state index in [1.807, 2.05) is 18.2 Å². The zero-order valence-corrected chi connectivity index (χ0v) is 11.7. The first kappa shape index (κ1) is 12.9. The van der Waals surface area contributed by atoms with Crippen molar-refractivity contribution in [1.29, 1.82) is 0 Å². The highest BCUT2D eigenvalue weighted by atomic mass is 15.4. The van der Waals surface area contributed by atoms with Crippen molar-refractivity contribution in [2.24, 2.45) is 0 Å². The maximum Gasteiger partial charge on any atom is 0.113 e. The van der Waals surface area contributed by atoms with Gasteiger partial charge in [0.05, 0.1) is 11.6 Å². The third-order valence-electron chi connectivity index (χ3n) is 3.69. The summed E-state index contributed by atoms with van der Waals surface area (Å²) in [6, 6.07) is 19.0. The van der Waals surface area contributed by atoms with Gasteiger partial charge >= 0.3 is 0 Å². The molecule has 102 valence electrons. The Kier molecular flexibility index (Phi) is 3.77. The predicted octanol–water partition coefficient (Wildman–Crippen LogP) is 4.21. The van der Waals surface area contributed by atoms with Gasteiger partial charge in [0.2, 0.25) is 0 Å². The van der Waals surface area contributed by atoms with Gasteiger partial charge in [-0.3, -0.25) is 0 Å². The second kappa shape index (κ2) is 5.87. The summed E-state index contributed by atoms with van der Waals surface area (Å²) in [5.41, 5.74) is 3.37. The zero-order chi connectivity index (χ0) is 13.8. The molecular formula is C17H19N3. The standard InChI is InChI=1S/C17H19N3/c1-2-3-12-16(14-9-5-4-6-10-14)20-17-13-8-7-11-15(17)18-19-20/h4-11,13,16H,2-3,12H2,1H3. The number of unbranched alkanes of at least 4 members (excludes halogenated alkanes) is 1. The lowest BCUT2D eigenvalue weighted by Gasteiger charge is -2.18. The molecule has 0 aliphatic rings. The van der Waals surface area contributed by atoms with Crippen molar-refractivity contribution < 1.29 is 0 Å². The molecule has 1 heterocycles. The average molecular weight is 265 g/mol. The van der Waals surface area contributed by atoms with Crippen molar-refractivity contribution in [2.75, 3.05) is 0 Å². The first-order valence-electron chi connectivity index (χ1n) is 7.25. The van der Waals surface area contributed by atoms with Gasteiger partial charge in [0, 0.05) is 0 Å². The number of fused-ring (bicyclic) bond motifs is 1. The van der Waals surface area contributed by atoms with E-state index in [4.69, 9.17) is 0 Å². The van der Waals surface area contributed by atoms with Gasteiger partial charge in [-0.1, -0.05) is 67.4 Å². The van der Waals surface area contributed by atoms with Crippen LogP contribution in [0.15, 0.2) is 54.6 Å². The second-order valence-electron chi connectivity index (χ2n) is 5.09. The largest absolute Gasteiger partial charge is 0.237 e. The number of aromatic nitrogens is 3. The Labute approximate surface area is 119 Å². The molecule has 3 nitrogen and oxygen atoms in total. The van der Waals surface area contributed by atoms with Crippen LogP contribution in [0.1, 0.15) is 37.8 Å². The minimum atomic E-state index is 0.267. The average Bonchev–Trinajstić information content (AvgIpc) is 2.93. The fraction of sp³-hybridized carbons (Fsp3) is 0.294. The number of nitrogens with zero attached hydrogens (tertiary/aromatic N) is 3. The molecule has 1 atom stereocenters. The molecule has 2 aromatic carbocycles. The van der Waals surface area contributed by atoms with Crippen LogP contribution >= 0.6 is 0 Å².